The number of anilines is 1. The first-order valence-corrected chi connectivity index (χ1v) is 8.25. The number of halogens is 2. The molecule has 2 amide bonds. The zero-order valence-electron chi connectivity index (χ0n) is 13.3. The molecule has 0 aliphatic carbocycles. The molecule has 24 heavy (non-hydrogen) atoms. The molecule has 2 aromatic rings. The maximum Gasteiger partial charge on any atom is 0.226 e. The average molecular weight is 365 g/mol. The smallest absolute Gasteiger partial charge is 0.226 e. The van der Waals surface area contributed by atoms with Gasteiger partial charge in [0, 0.05) is 42.2 Å². The van der Waals surface area contributed by atoms with Gasteiger partial charge in [0.15, 0.2) is 0 Å². The molecule has 0 saturated carbocycles. The fourth-order valence-electron chi connectivity index (χ4n) is 2.18. The Hall–Kier alpha value is -2.04. The lowest BCUT2D eigenvalue weighted by molar-refractivity contribution is -0.129. The number of amides is 2. The first-order chi connectivity index (χ1) is 11.4. The predicted molar refractivity (Wildman–Crippen MR) is 97.2 cm³/mol. The molecule has 0 saturated heterocycles. The molecular formula is C18H18Cl2N2O2. The van der Waals surface area contributed by atoms with E-state index in [9.17, 15) is 9.59 Å². The van der Waals surface area contributed by atoms with E-state index in [2.05, 4.69) is 5.32 Å². The van der Waals surface area contributed by atoms with Gasteiger partial charge in [0.1, 0.15) is 0 Å². The topological polar surface area (TPSA) is 49.4 Å². The van der Waals surface area contributed by atoms with Gasteiger partial charge in [-0.2, -0.15) is 0 Å². The molecule has 0 unspecified atom stereocenters. The first kappa shape index (κ1) is 18.3. The molecule has 0 fully saturated rings. The molecule has 0 heterocycles. The van der Waals surface area contributed by atoms with Gasteiger partial charge in [-0.1, -0.05) is 41.4 Å². The summed E-state index contributed by atoms with van der Waals surface area (Å²) in [5.41, 5.74) is 1.60. The maximum absolute atomic E-state index is 12.0. The van der Waals surface area contributed by atoms with Crippen LogP contribution in [0.4, 0.5) is 5.69 Å². The van der Waals surface area contributed by atoms with Crippen LogP contribution < -0.4 is 5.32 Å². The van der Waals surface area contributed by atoms with Gasteiger partial charge in [0.2, 0.25) is 11.8 Å². The van der Waals surface area contributed by atoms with Crippen LogP contribution in [-0.4, -0.2) is 23.3 Å². The number of carbonyl (C=O) groups is 2. The predicted octanol–water partition coefficient (Wildman–Crippen LogP) is 4.37. The van der Waals surface area contributed by atoms with Gasteiger partial charge in [0.25, 0.3) is 0 Å². The normalized spacial score (nSPS) is 10.3. The van der Waals surface area contributed by atoms with Gasteiger partial charge >= 0.3 is 0 Å². The maximum atomic E-state index is 12.0. The number of rotatable bonds is 6. The fourth-order valence-corrected chi connectivity index (χ4v) is 2.50. The summed E-state index contributed by atoms with van der Waals surface area (Å²) in [6, 6.07) is 14.2. The minimum Gasteiger partial charge on any atom is -0.338 e. The Morgan fingerprint density at radius 1 is 1.04 bits per heavy atom. The van der Waals surface area contributed by atoms with Crippen molar-refractivity contribution in [3.8, 4) is 0 Å². The van der Waals surface area contributed by atoms with E-state index < -0.39 is 0 Å². The number of carbonyl (C=O) groups excluding carboxylic acids is 2. The second kappa shape index (κ2) is 8.71. The van der Waals surface area contributed by atoms with Crippen LogP contribution in [0.2, 0.25) is 10.0 Å². The van der Waals surface area contributed by atoms with Crippen LogP contribution in [-0.2, 0) is 16.1 Å². The van der Waals surface area contributed by atoms with Crippen molar-refractivity contribution in [3.05, 3.63) is 64.1 Å². The summed E-state index contributed by atoms with van der Waals surface area (Å²) in [6.07, 6.45) is 0.208. The molecule has 0 atom stereocenters. The molecule has 0 radical (unpaired) electrons. The highest BCUT2D eigenvalue weighted by atomic mass is 35.5. The molecule has 0 aliphatic heterocycles. The summed E-state index contributed by atoms with van der Waals surface area (Å²) in [7, 11) is 0. The van der Waals surface area contributed by atoms with Crippen LogP contribution in [0.25, 0.3) is 0 Å². The summed E-state index contributed by atoms with van der Waals surface area (Å²) in [5.74, 6) is -0.250. The largest absolute Gasteiger partial charge is 0.338 e. The number of nitrogens with zero attached hydrogens (tertiary/aromatic N) is 1. The van der Waals surface area contributed by atoms with Gasteiger partial charge in [0.05, 0.1) is 0 Å². The highest BCUT2D eigenvalue weighted by Crippen LogP contribution is 2.15. The average Bonchev–Trinajstić information content (AvgIpc) is 2.53. The highest BCUT2D eigenvalue weighted by molar-refractivity contribution is 6.31. The van der Waals surface area contributed by atoms with Crippen LogP contribution in [0.15, 0.2) is 48.5 Å². The van der Waals surface area contributed by atoms with Crippen molar-refractivity contribution in [3.63, 3.8) is 0 Å². The van der Waals surface area contributed by atoms with Gasteiger partial charge in [-0.3, -0.25) is 9.59 Å². The third-order valence-corrected chi connectivity index (χ3v) is 3.94. The van der Waals surface area contributed by atoms with Crippen molar-refractivity contribution in [1.29, 1.82) is 0 Å². The van der Waals surface area contributed by atoms with Crippen LogP contribution in [0.3, 0.4) is 0 Å². The minimum atomic E-state index is -0.167. The molecule has 2 aromatic carbocycles. The molecule has 0 bridgehead atoms. The summed E-state index contributed by atoms with van der Waals surface area (Å²) >= 11 is 11.7. The van der Waals surface area contributed by atoms with Crippen LogP contribution in [0, 0.1) is 0 Å². The Balaban J connectivity index is 1.90. The Labute approximate surface area is 151 Å². The zero-order valence-corrected chi connectivity index (χ0v) is 14.8. The second-order valence-electron chi connectivity index (χ2n) is 5.38. The molecule has 2 rings (SSSR count). The molecule has 0 spiro atoms. The Bertz CT molecular complexity index is 717. The first-order valence-electron chi connectivity index (χ1n) is 7.49. The molecule has 0 aromatic heterocycles. The summed E-state index contributed by atoms with van der Waals surface area (Å²) in [5, 5.41) is 3.97. The minimum absolute atomic E-state index is 0.0829. The van der Waals surface area contributed by atoms with E-state index in [0.29, 0.717) is 28.8 Å². The Kier molecular flexibility index (Phi) is 6.64. The Morgan fingerprint density at radius 2 is 1.75 bits per heavy atom. The van der Waals surface area contributed by atoms with E-state index in [1.165, 1.54) is 6.92 Å². The lowest BCUT2D eigenvalue weighted by Gasteiger charge is -2.21. The van der Waals surface area contributed by atoms with E-state index in [1.54, 1.807) is 41.3 Å². The van der Waals surface area contributed by atoms with Gasteiger partial charge in [-0.05, 0) is 35.9 Å². The van der Waals surface area contributed by atoms with Crippen molar-refractivity contribution in [1.82, 2.24) is 4.90 Å². The monoisotopic (exact) mass is 364 g/mol. The standard InChI is InChI=1S/C18H18Cl2N2O2/c1-13(23)22(12-14-5-7-15(19)8-6-14)10-9-18(24)21-17-4-2-3-16(20)11-17/h2-8,11H,9-10,12H2,1H3,(H,21,24). The van der Waals surface area contributed by atoms with Crippen molar-refractivity contribution in [2.24, 2.45) is 0 Å². The summed E-state index contributed by atoms with van der Waals surface area (Å²) in [6.45, 7) is 2.27. The van der Waals surface area contributed by atoms with Crippen LogP contribution >= 0.6 is 23.2 Å². The number of nitrogens with one attached hydrogen (secondary N) is 1. The third kappa shape index (κ3) is 5.87. The molecular weight excluding hydrogens is 347 g/mol. The van der Waals surface area contributed by atoms with E-state index in [1.807, 2.05) is 12.1 Å². The third-order valence-electron chi connectivity index (χ3n) is 3.45. The molecule has 1 N–H and O–H groups in total. The van der Waals surface area contributed by atoms with Gasteiger partial charge < -0.3 is 10.2 Å². The number of hydrogen-bond donors (Lipinski definition) is 1. The molecule has 4 nitrogen and oxygen atoms in total. The lowest BCUT2D eigenvalue weighted by atomic mass is 10.2. The SMILES string of the molecule is CC(=O)N(CCC(=O)Nc1cccc(Cl)c1)Cc1ccc(Cl)cc1. The Morgan fingerprint density at radius 3 is 2.38 bits per heavy atom. The van der Waals surface area contributed by atoms with Crippen LogP contribution in [0.5, 0.6) is 0 Å². The van der Waals surface area contributed by atoms with Crippen molar-refractivity contribution in [2.45, 2.75) is 19.9 Å². The molecule has 126 valence electrons. The summed E-state index contributed by atoms with van der Waals surface area (Å²) < 4.78 is 0. The fraction of sp³-hybridized carbons (Fsp3) is 0.222. The van der Waals surface area contributed by atoms with Crippen molar-refractivity contribution < 1.29 is 9.59 Å². The second-order valence-corrected chi connectivity index (χ2v) is 6.25. The molecule has 6 heteroatoms. The zero-order chi connectivity index (χ0) is 17.5. The van der Waals surface area contributed by atoms with E-state index in [0.717, 1.165) is 5.56 Å². The van der Waals surface area contributed by atoms with E-state index in [-0.39, 0.29) is 18.2 Å². The van der Waals surface area contributed by atoms with Gasteiger partial charge in [-0.15, -0.1) is 0 Å². The van der Waals surface area contributed by atoms with E-state index >= 15 is 0 Å². The van der Waals surface area contributed by atoms with Gasteiger partial charge in [-0.25, -0.2) is 0 Å². The quantitative estimate of drug-likeness (QED) is 0.826. The number of benzene rings is 2. The van der Waals surface area contributed by atoms with Crippen LogP contribution in [0.1, 0.15) is 18.9 Å². The van der Waals surface area contributed by atoms with Crippen molar-refractivity contribution >= 4 is 40.7 Å². The summed E-state index contributed by atoms with van der Waals surface area (Å²) in [4.78, 5) is 25.4. The van der Waals surface area contributed by atoms with E-state index in [4.69, 9.17) is 23.2 Å². The number of hydrogen-bond acceptors (Lipinski definition) is 2. The molecule has 0 aliphatic rings. The highest BCUT2D eigenvalue weighted by Gasteiger charge is 2.12. The van der Waals surface area contributed by atoms with Crippen molar-refractivity contribution in [2.75, 3.05) is 11.9 Å². The lowest BCUT2D eigenvalue weighted by Crippen LogP contribution is -2.31.